The molecule has 0 aromatic heterocycles. The van der Waals surface area contributed by atoms with Crippen molar-refractivity contribution in [2.75, 3.05) is 5.32 Å². The van der Waals surface area contributed by atoms with Crippen LogP contribution in [0.4, 0.5) is 5.69 Å². The fraction of sp³-hybridized carbons (Fsp3) is 0.192. The Bertz CT molecular complexity index is 1060. The molecule has 0 aliphatic rings. The van der Waals surface area contributed by atoms with Gasteiger partial charge in [-0.15, -0.1) is 0 Å². The van der Waals surface area contributed by atoms with Crippen molar-refractivity contribution in [3.8, 4) is 0 Å². The molecule has 0 atom stereocenters. The highest BCUT2D eigenvalue weighted by atomic mass is 16.2. The van der Waals surface area contributed by atoms with Crippen molar-refractivity contribution in [1.29, 1.82) is 0 Å². The number of rotatable bonds is 8. The number of benzene rings is 3. The van der Waals surface area contributed by atoms with E-state index in [0.717, 1.165) is 36.1 Å². The van der Waals surface area contributed by atoms with Crippen molar-refractivity contribution in [3.63, 3.8) is 0 Å². The highest BCUT2D eigenvalue weighted by Crippen LogP contribution is 2.13. The number of aryl methyl sites for hydroxylation is 1. The SMILES string of the molecule is CCCC/C(=N\NC(=O)c1ccc(NC(=O)c2cccc(C)c2)cc1)c1ccccc1. The van der Waals surface area contributed by atoms with Crippen LogP contribution in [0, 0.1) is 6.92 Å². The van der Waals surface area contributed by atoms with Gasteiger partial charge >= 0.3 is 0 Å². The van der Waals surface area contributed by atoms with E-state index < -0.39 is 0 Å². The number of carbonyl (C=O) groups excluding carboxylic acids is 2. The highest BCUT2D eigenvalue weighted by molar-refractivity contribution is 6.05. The Morgan fingerprint density at radius 3 is 2.19 bits per heavy atom. The predicted octanol–water partition coefficient (Wildman–Crippen LogP) is 5.57. The molecule has 2 N–H and O–H groups in total. The lowest BCUT2D eigenvalue weighted by molar-refractivity contribution is 0.0954. The lowest BCUT2D eigenvalue weighted by Crippen LogP contribution is -2.20. The third-order valence-electron chi connectivity index (χ3n) is 4.85. The topological polar surface area (TPSA) is 70.6 Å². The van der Waals surface area contributed by atoms with Crippen LogP contribution in [-0.4, -0.2) is 17.5 Å². The molecule has 0 saturated heterocycles. The van der Waals surface area contributed by atoms with Crippen LogP contribution in [0.1, 0.15) is 58.0 Å². The summed E-state index contributed by atoms with van der Waals surface area (Å²) in [6.07, 6.45) is 2.85. The molecule has 0 fully saturated rings. The van der Waals surface area contributed by atoms with Gasteiger partial charge in [0.25, 0.3) is 11.8 Å². The number of hydrazone groups is 1. The van der Waals surface area contributed by atoms with Crippen molar-refractivity contribution in [3.05, 3.63) is 101 Å². The second-order valence-corrected chi connectivity index (χ2v) is 7.37. The van der Waals surface area contributed by atoms with Gasteiger partial charge in [-0.3, -0.25) is 9.59 Å². The number of hydrogen-bond donors (Lipinski definition) is 2. The number of unbranched alkanes of at least 4 members (excludes halogenated alkanes) is 1. The summed E-state index contributed by atoms with van der Waals surface area (Å²) in [5, 5.41) is 7.22. The Balaban J connectivity index is 1.65. The van der Waals surface area contributed by atoms with Crippen LogP contribution in [0.3, 0.4) is 0 Å². The Morgan fingerprint density at radius 1 is 0.806 bits per heavy atom. The lowest BCUT2D eigenvalue weighted by atomic mass is 10.1. The average Bonchev–Trinajstić information content (AvgIpc) is 2.80. The Morgan fingerprint density at radius 2 is 1.52 bits per heavy atom. The van der Waals surface area contributed by atoms with E-state index in [1.165, 1.54) is 0 Å². The Kier molecular flexibility index (Phi) is 7.71. The number of hydrogen-bond acceptors (Lipinski definition) is 3. The van der Waals surface area contributed by atoms with E-state index in [1.54, 1.807) is 30.3 Å². The molecule has 0 radical (unpaired) electrons. The summed E-state index contributed by atoms with van der Waals surface area (Å²) in [6.45, 7) is 4.07. The maximum atomic E-state index is 12.5. The molecule has 0 aliphatic carbocycles. The average molecular weight is 414 g/mol. The fourth-order valence-electron chi connectivity index (χ4n) is 3.12. The van der Waals surface area contributed by atoms with Gasteiger partial charge in [-0.25, -0.2) is 5.43 Å². The van der Waals surface area contributed by atoms with Crippen LogP contribution in [0.15, 0.2) is 84.0 Å². The van der Waals surface area contributed by atoms with Gasteiger partial charge in [0.1, 0.15) is 0 Å². The maximum absolute atomic E-state index is 12.5. The van der Waals surface area contributed by atoms with Crippen molar-refractivity contribution in [1.82, 2.24) is 5.43 Å². The molecule has 3 aromatic carbocycles. The first-order chi connectivity index (χ1) is 15.1. The molecule has 5 nitrogen and oxygen atoms in total. The van der Waals surface area contributed by atoms with Crippen LogP contribution in [0.5, 0.6) is 0 Å². The molecule has 0 saturated carbocycles. The van der Waals surface area contributed by atoms with Gasteiger partial charge in [-0.1, -0.05) is 61.4 Å². The summed E-state index contributed by atoms with van der Waals surface area (Å²) >= 11 is 0. The first kappa shape index (κ1) is 22.0. The van der Waals surface area contributed by atoms with E-state index >= 15 is 0 Å². The number of amides is 2. The Hall–Kier alpha value is -3.73. The maximum Gasteiger partial charge on any atom is 0.271 e. The third-order valence-corrected chi connectivity index (χ3v) is 4.85. The van der Waals surface area contributed by atoms with E-state index in [-0.39, 0.29) is 11.8 Å². The van der Waals surface area contributed by atoms with Crippen LogP contribution >= 0.6 is 0 Å². The van der Waals surface area contributed by atoms with Gasteiger partial charge in [0.15, 0.2) is 0 Å². The molecular weight excluding hydrogens is 386 g/mol. The zero-order valence-corrected chi connectivity index (χ0v) is 17.9. The quantitative estimate of drug-likeness (QED) is 0.374. The largest absolute Gasteiger partial charge is 0.322 e. The molecule has 0 unspecified atom stereocenters. The van der Waals surface area contributed by atoms with E-state index in [0.29, 0.717) is 16.8 Å². The summed E-state index contributed by atoms with van der Waals surface area (Å²) < 4.78 is 0. The monoisotopic (exact) mass is 413 g/mol. The minimum absolute atomic E-state index is 0.186. The van der Waals surface area contributed by atoms with Crippen LogP contribution in [0.2, 0.25) is 0 Å². The van der Waals surface area contributed by atoms with E-state index in [9.17, 15) is 9.59 Å². The zero-order chi connectivity index (χ0) is 22.1. The molecule has 0 spiro atoms. The van der Waals surface area contributed by atoms with Crippen molar-refractivity contribution in [2.24, 2.45) is 5.10 Å². The summed E-state index contributed by atoms with van der Waals surface area (Å²) in [7, 11) is 0. The summed E-state index contributed by atoms with van der Waals surface area (Å²) in [5.41, 5.74) is 7.24. The summed E-state index contributed by atoms with van der Waals surface area (Å²) in [6, 6.07) is 24.0. The standard InChI is InChI=1S/C26H27N3O2/c1-3-4-13-24(20-10-6-5-7-11-20)28-29-26(31)21-14-16-23(17-15-21)27-25(30)22-12-8-9-19(2)18-22/h5-12,14-18H,3-4,13H2,1-2H3,(H,27,30)(H,29,31)/b28-24+. The summed E-state index contributed by atoms with van der Waals surface area (Å²) in [4.78, 5) is 24.9. The molecule has 2 amide bonds. The molecule has 0 bridgehead atoms. The molecule has 3 aromatic rings. The molecule has 0 heterocycles. The number of carbonyl (C=O) groups is 2. The first-order valence-electron chi connectivity index (χ1n) is 10.5. The third kappa shape index (κ3) is 6.37. The zero-order valence-electron chi connectivity index (χ0n) is 17.9. The Labute approximate surface area is 183 Å². The smallest absolute Gasteiger partial charge is 0.271 e. The number of nitrogens with zero attached hydrogens (tertiary/aromatic N) is 1. The second kappa shape index (κ2) is 10.9. The van der Waals surface area contributed by atoms with Gasteiger partial charge in [0.2, 0.25) is 0 Å². The highest BCUT2D eigenvalue weighted by Gasteiger charge is 2.09. The van der Waals surface area contributed by atoms with Crippen LogP contribution in [0.25, 0.3) is 0 Å². The van der Waals surface area contributed by atoms with Gasteiger partial charge in [0, 0.05) is 16.8 Å². The predicted molar refractivity (Wildman–Crippen MR) is 126 cm³/mol. The van der Waals surface area contributed by atoms with Crippen molar-refractivity contribution >= 4 is 23.2 Å². The van der Waals surface area contributed by atoms with Gasteiger partial charge in [0.05, 0.1) is 5.71 Å². The molecule has 158 valence electrons. The normalized spacial score (nSPS) is 11.1. The fourth-order valence-corrected chi connectivity index (χ4v) is 3.12. The number of anilines is 1. The first-order valence-corrected chi connectivity index (χ1v) is 10.5. The molecule has 5 heteroatoms. The van der Waals surface area contributed by atoms with Gasteiger partial charge < -0.3 is 5.32 Å². The van der Waals surface area contributed by atoms with E-state index in [2.05, 4.69) is 22.8 Å². The van der Waals surface area contributed by atoms with E-state index in [4.69, 9.17) is 0 Å². The second-order valence-electron chi connectivity index (χ2n) is 7.37. The lowest BCUT2D eigenvalue weighted by Gasteiger charge is -2.08. The minimum atomic E-state index is -0.290. The molecule has 3 rings (SSSR count). The van der Waals surface area contributed by atoms with Crippen molar-refractivity contribution < 1.29 is 9.59 Å². The van der Waals surface area contributed by atoms with Gasteiger partial charge in [-0.05, 0) is 61.7 Å². The molecule has 31 heavy (non-hydrogen) atoms. The van der Waals surface area contributed by atoms with Crippen molar-refractivity contribution in [2.45, 2.75) is 33.1 Å². The van der Waals surface area contributed by atoms with E-state index in [1.807, 2.05) is 55.5 Å². The van der Waals surface area contributed by atoms with Crippen LogP contribution < -0.4 is 10.7 Å². The number of nitrogens with one attached hydrogen (secondary N) is 2. The van der Waals surface area contributed by atoms with Gasteiger partial charge in [-0.2, -0.15) is 5.10 Å². The minimum Gasteiger partial charge on any atom is -0.322 e. The summed E-state index contributed by atoms with van der Waals surface area (Å²) in [5.74, 6) is -0.476. The van der Waals surface area contributed by atoms with Crippen LogP contribution in [-0.2, 0) is 0 Å². The molecular formula is C26H27N3O2. The molecule has 0 aliphatic heterocycles.